The van der Waals surface area contributed by atoms with Crippen molar-refractivity contribution in [3.63, 3.8) is 0 Å². The third-order valence-corrected chi connectivity index (χ3v) is 5.01. The quantitative estimate of drug-likeness (QED) is 0.941. The van der Waals surface area contributed by atoms with Crippen molar-refractivity contribution in [3.8, 4) is 0 Å². The van der Waals surface area contributed by atoms with Crippen LogP contribution in [0, 0.1) is 20.8 Å². The predicted octanol–water partition coefficient (Wildman–Crippen LogP) is 2.64. The topological polar surface area (TPSA) is 72.2 Å². The molecule has 0 amide bonds. The largest absolute Gasteiger partial charge is 0.360 e. The number of rotatable bonds is 4. The van der Waals surface area contributed by atoms with E-state index in [1.807, 2.05) is 38.1 Å². The van der Waals surface area contributed by atoms with Crippen molar-refractivity contribution in [2.24, 2.45) is 0 Å². The van der Waals surface area contributed by atoms with Crippen LogP contribution in [0.15, 0.2) is 33.7 Å². The second-order valence-electron chi connectivity index (χ2n) is 4.85. The molecule has 6 heteroatoms. The molecule has 0 fully saturated rings. The zero-order valence-electron chi connectivity index (χ0n) is 12.0. The van der Waals surface area contributed by atoms with Gasteiger partial charge in [0.2, 0.25) is 10.0 Å². The lowest BCUT2D eigenvalue weighted by Crippen LogP contribution is -2.28. The van der Waals surface area contributed by atoms with Gasteiger partial charge in [0.05, 0.1) is 0 Å². The van der Waals surface area contributed by atoms with Gasteiger partial charge in [-0.15, -0.1) is 0 Å². The standard InChI is InChI=1S/C14H18N2O3S/c1-9-7-5-6-8-13(9)10(2)16-20(17,18)14-11(3)15-19-12(14)4/h5-8,10,16H,1-4H3/t10-/m1/s1. The summed E-state index contributed by atoms with van der Waals surface area (Å²) in [4.78, 5) is 0.123. The first-order valence-electron chi connectivity index (χ1n) is 6.33. The Kier molecular flexibility index (Phi) is 3.96. The summed E-state index contributed by atoms with van der Waals surface area (Å²) in [6.07, 6.45) is 0. The van der Waals surface area contributed by atoms with E-state index in [0.29, 0.717) is 11.5 Å². The van der Waals surface area contributed by atoms with Crippen molar-refractivity contribution < 1.29 is 12.9 Å². The van der Waals surface area contributed by atoms with E-state index in [9.17, 15) is 8.42 Å². The van der Waals surface area contributed by atoms with Crippen molar-refractivity contribution >= 4 is 10.0 Å². The Morgan fingerprint density at radius 2 is 1.85 bits per heavy atom. The molecule has 1 N–H and O–H groups in total. The summed E-state index contributed by atoms with van der Waals surface area (Å²) >= 11 is 0. The molecule has 5 nitrogen and oxygen atoms in total. The maximum atomic E-state index is 12.4. The van der Waals surface area contributed by atoms with Crippen LogP contribution >= 0.6 is 0 Å². The number of sulfonamides is 1. The molecule has 0 spiro atoms. The molecular weight excluding hydrogens is 276 g/mol. The first kappa shape index (κ1) is 14.7. The van der Waals surface area contributed by atoms with Crippen molar-refractivity contribution in [2.75, 3.05) is 0 Å². The highest BCUT2D eigenvalue weighted by atomic mass is 32.2. The lowest BCUT2D eigenvalue weighted by molar-refractivity contribution is 0.390. The summed E-state index contributed by atoms with van der Waals surface area (Å²) in [5.41, 5.74) is 2.36. The lowest BCUT2D eigenvalue weighted by Gasteiger charge is -2.16. The molecule has 0 saturated heterocycles. The minimum atomic E-state index is -3.65. The second kappa shape index (κ2) is 5.38. The van der Waals surface area contributed by atoms with Gasteiger partial charge < -0.3 is 4.52 Å². The van der Waals surface area contributed by atoms with Crippen LogP contribution in [0.2, 0.25) is 0 Å². The molecule has 2 rings (SSSR count). The summed E-state index contributed by atoms with van der Waals surface area (Å²) in [5, 5.41) is 3.69. The highest BCUT2D eigenvalue weighted by molar-refractivity contribution is 7.89. The van der Waals surface area contributed by atoms with Crippen molar-refractivity contribution in [3.05, 3.63) is 46.8 Å². The molecule has 2 aromatic rings. The summed E-state index contributed by atoms with van der Waals surface area (Å²) in [5.74, 6) is 0.298. The molecule has 0 aliphatic carbocycles. The summed E-state index contributed by atoms with van der Waals surface area (Å²) < 4.78 is 32.4. The maximum Gasteiger partial charge on any atom is 0.246 e. The highest BCUT2D eigenvalue weighted by Crippen LogP contribution is 2.23. The van der Waals surface area contributed by atoms with Gasteiger partial charge in [-0.05, 0) is 38.8 Å². The van der Waals surface area contributed by atoms with E-state index in [-0.39, 0.29) is 10.9 Å². The summed E-state index contributed by atoms with van der Waals surface area (Å²) in [6.45, 7) is 6.98. The first-order chi connectivity index (χ1) is 9.33. The maximum absolute atomic E-state index is 12.4. The van der Waals surface area contributed by atoms with Crippen molar-refractivity contribution in [1.82, 2.24) is 9.88 Å². The predicted molar refractivity (Wildman–Crippen MR) is 75.9 cm³/mol. The van der Waals surface area contributed by atoms with Crippen LogP contribution in [0.3, 0.4) is 0 Å². The van der Waals surface area contributed by atoms with Gasteiger partial charge in [-0.3, -0.25) is 0 Å². The fraction of sp³-hybridized carbons (Fsp3) is 0.357. The Hall–Kier alpha value is -1.66. The Morgan fingerprint density at radius 3 is 2.40 bits per heavy atom. The van der Waals surface area contributed by atoms with Crippen LogP contribution in [0.1, 0.15) is 35.5 Å². The van der Waals surface area contributed by atoms with Gasteiger partial charge in [-0.25, -0.2) is 13.1 Å². The number of hydrogen-bond acceptors (Lipinski definition) is 4. The fourth-order valence-electron chi connectivity index (χ4n) is 2.29. The molecule has 1 heterocycles. The van der Waals surface area contributed by atoms with E-state index >= 15 is 0 Å². The van der Waals surface area contributed by atoms with Crippen LogP contribution in [0.5, 0.6) is 0 Å². The lowest BCUT2D eigenvalue weighted by atomic mass is 10.0. The van der Waals surface area contributed by atoms with Crippen LogP contribution in [0.4, 0.5) is 0 Å². The molecule has 0 unspecified atom stereocenters. The average Bonchev–Trinajstić information content (AvgIpc) is 2.69. The Bertz CT molecular complexity index is 700. The van der Waals surface area contributed by atoms with Gasteiger partial charge in [0, 0.05) is 6.04 Å². The van der Waals surface area contributed by atoms with E-state index < -0.39 is 10.0 Å². The normalized spacial score (nSPS) is 13.4. The molecule has 0 saturated carbocycles. The summed E-state index contributed by atoms with van der Waals surface area (Å²) in [7, 11) is -3.65. The molecule has 0 radical (unpaired) electrons. The van der Waals surface area contributed by atoms with Gasteiger partial charge in [0.25, 0.3) is 0 Å². The Balaban J connectivity index is 2.32. The highest BCUT2D eigenvalue weighted by Gasteiger charge is 2.26. The van der Waals surface area contributed by atoms with E-state index in [4.69, 9.17) is 4.52 Å². The van der Waals surface area contributed by atoms with Gasteiger partial charge >= 0.3 is 0 Å². The number of nitrogens with zero attached hydrogens (tertiary/aromatic N) is 1. The molecule has 1 aromatic heterocycles. The molecule has 20 heavy (non-hydrogen) atoms. The van der Waals surface area contributed by atoms with Gasteiger partial charge in [-0.2, -0.15) is 0 Å². The Morgan fingerprint density at radius 1 is 1.20 bits per heavy atom. The van der Waals surface area contributed by atoms with Crippen LogP contribution in [-0.4, -0.2) is 13.6 Å². The second-order valence-corrected chi connectivity index (χ2v) is 6.50. The number of nitrogens with one attached hydrogen (secondary N) is 1. The third-order valence-electron chi connectivity index (χ3n) is 3.22. The SMILES string of the molecule is Cc1ccccc1[C@@H](C)NS(=O)(=O)c1c(C)noc1C. The van der Waals surface area contributed by atoms with Crippen LogP contribution < -0.4 is 4.72 Å². The number of aromatic nitrogens is 1. The van der Waals surface area contributed by atoms with E-state index in [2.05, 4.69) is 9.88 Å². The molecule has 1 aromatic carbocycles. The molecule has 108 valence electrons. The fourth-order valence-corrected chi connectivity index (χ4v) is 3.84. The smallest absolute Gasteiger partial charge is 0.246 e. The average molecular weight is 294 g/mol. The number of hydrogen-bond donors (Lipinski definition) is 1. The van der Waals surface area contributed by atoms with Gasteiger partial charge in [0.1, 0.15) is 10.6 Å². The van der Waals surface area contributed by atoms with E-state index in [1.165, 1.54) is 0 Å². The minimum Gasteiger partial charge on any atom is -0.360 e. The third kappa shape index (κ3) is 2.76. The van der Waals surface area contributed by atoms with Gasteiger partial charge in [0.15, 0.2) is 5.76 Å². The van der Waals surface area contributed by atoms with E-state index in [0.717, 1.165) is 11.1 Å². The summed E-state index contributed by atoms with van der Waals surface area (Å²) in [6, 6.07) is 7.36. The molecular formula is C14H18N2O3S. The molecule has 0 bridgehead atoms. The molecule has 0 aliphatic heterocycles. The van der Waals surface area contributed by atoms with Gasteiger partial charge in [-0.1, -0.05) is 29.4 Å². The minimum absolute atomic E-state index is 0.123. The zero-order chi connectivity index (χ0) is 14.9. The zero-order valence-corrected chi connectivity index (χ0v) is 12.8. The monoisotopic (exact) mass is 294 g/mol. The molecule has 1 atom stereocenters. The molecule has 0 aliphatic rings. The first-order valence-corrected chi connectivity index (χ1v) is 7.82. The van der Waals surface area contributed by atoms with E-state index in [1.54, 1.807) is 13.8 Å². The number of aryl methyl sites for hydroxylation is 3. The van der Waals surface area contributed by atoms with Crippen LogP contribution in [-0.2, 0) is 10.0 Å². The Labute approximate surface area is 119 Å². The van der Waals surface area contributed by atoms with Crippen molar-refractivity contribution in [2.45, 2.75) is 38.6 Å². The number of benzene rings is 1. The van der Waals surface area contributed by atoms with Crippen molar-refractivity contribution in [1.29, 1.82) is 0 Å². The van der Waals surface area contributed by atoms with Crippen LogP contribution in [0.25, 0.3) is 0 Å².